The van der Waals surface area contributed by atoms with E-state index in [4.69, 9.17) is 5.73 Å². The summed E-state index contributed by atoms with van der Waals surface area (Å²) in [5.41, 5.74) is 6.73. The molecule has 0 spiro atoms. The molecule has 1 aromatic carbocycles. The summed E-state index contributed by atoms with van der Waals surface area (Å²) >= 11 is 0. The highest BCUT2D eigenvalue weighted by Crippen LogP contribution is 2.08. The van der Waals surface area contributed by atoms with Gasteiger partial charge in [0.15, 0.2) is 5.96 Å². The van der Waals surface area contributed by atoms with E-state index in [9.17, 15) is 4.21 Å². The van der Waals surface area contributed by atoms with Crippen molar-refractivity contribution in [3.05, 3.63) is 29.8 Å². The fourth-order valence-corrected chi connectivity index (χ4v) is 1.91. The summed E-state index contributed by atoms with van der Waals surface area (Å²) in [7, 11) is -0.936. The third-order valence-electron chi connectivity index (χ3n) is 2.19. The zero-order chi connectivity index (χ0) is 13.8. The van der Waals surface area contributed by atoms with Gasteiger partial charge in [-0.2, -0.15) is 0 Å². The molecule has 18 heavy (non-hydrogen) atoms. The van der Waals surface area contributed by atoms with Crippen molar-refractivity contribution < 1.29 is 4.21 Å². The molecule has 5 heteroatoms. The Hall–Kier alpha value is -1.36. The van der Waals surface area contributed by atoms with Crippen molar-refractivity contribution in [3.8, 4) is 0 Å². The SMILES string of the molecule is CS(=O)c1ccc(CN=C(N)NC(C)(C)C)cc1. The standard InChI is InChI=1S/C13H21N3OS/c1-13(2,3)16-12(14)15-9-10-5-7-11(8-6-10)18(4)17/h5-8H,9H2,1-4H3,(H3,14,15,16). The van der Waals surface area contributed by atoms with Crippen LogP contribution in [0.2, 0.25) is 0 Å². The van der Waals surface area contributed by atoms with Gasteiger partial charge in [-0.3, -0.25) is 4.21 Å². The van der Waals surface area contributed by atoms with E-state index in [-0.39, 0.29) is 5.54 Å². The molecule has 0 bridgehead atoms. The molecular weight excluding hydrogens is 246 g/mol. The maximum atomic E-state index is 11.2. The largest absolute Gasteiger partial charge is 0.370 e. The Balaban J connectivity index is 2.63. The first-order chi connectivity index (χ1) is 8.28. The van der Waals surface area contributed by atoms with Crippen molar-refractivity contribution in [1.29, 1.82) is 0 Å². The van der Waals surface area contributed by atoms with Gasteiger partial charge in [-0.25, -0.2) is 4.99 Å². The predicted octanol–water partition coefficient (Wildman–Crippen LogP) is 1.63. The second kappa shape index (κ2) is 6.00. The van der Waals surface area contributed by atoms with Gasteiger partial charge in [-0.05, 0) is 38.5 Å². The molecule has 0 aliphatic heterocycles. The van der Waals surface area contributed by atoms with Crippen LogP contribution in [0.25, 0.3) is 0 Å². The Morgan fingerprint density at radius 3 is 2.33 bits per heavy atom. The summed E-state index contributed by atoms with van der Waals surface area (Å²) in [4.78, 5) is 5.08. The summed E-state index contributed by atoms with van der Waals surface area (Å²) < 4.78 is 11.2. The third-order valence-corrected chi connectivity index (χ3v) is 3.13. The number of aliphatic imine (C=N–C) groups is 1. The van der Waals surface area contributed by atoms with Crippen molar-refractivity contribution in [2.24, 2.45) is 10.7 Å². The lowest BCUT2D eigenvalue weighted by molar-refractivity contribution is 0.508. The minimum atomic E-state index is -0.936. The molecule has 100 valence electrons. The van der Waals surface area contributed by atoms with Crippen molar-refractivity contribution in [2.75, 3.05) is 6.26 Å². The van der Waals surface area contributed by atoms with Crippen molar-refractivity contribution >= 4 is 16.8 Å². The number of guanidine groups is 1. The fraction of sp³-hybridized carbons (Fsp3) is 0.462. The number of nitrogens with two attached hydrogens (primary N) is 1. The second-order valence-corrected chi connectivity index (χ2v) is 6.55. The molecule has 0 radical (unpaired) electrons. The van der Waals surface area contributed by atoms with E-state index < -0.39 is 10.8 Å². The average molecular weight is 267 g/mol. The topological polar surface area (TPSA) is 67.5 Å². The monoisotopic (exact) mass is 267 g/mol. The van der Waals surface area contributed by atoms with E-state index in [0.29, 0.717) is 12.5 Å². The molecule has 0 amide bonds. The van der Waals surface area contributed by atoms with E-state index in [1.807, 2.05) is 45.0 Å². The highest BCUT2D eigenvalue weighted by molar-refractivity contribution is 7.84. The summed E-state index contributed by atoms with van der Waals surface area (Å²) in [6, 6.07) is 7.55. The van der Waals surface area contributed by atoms with Crippen LogP contribution in [-0.4, -0.2) is 22.0 Å². The molecule has 0 heterocycles. The first-order valence-electron chi connectivity index (χ1n) is 5.78. The fourth-order valence-electron chi connectivity index (χ4n) is 1.39. The van der Waals surface area contributed by atoms with Gasteiger partial charge in [0.05, 0.1) is 6.54 Å². The third kappa shape index (κ3) is 5.31. The Morgan fingerprint density at radius 1 is 1.33 bits per heavy atom. The molecule has 3 N–H and O–H groups in total. The highest BCUT2D eigenvalue weighted by atomic mass is 32.2. The molecule has 1 aromatic rings. The molecular formula is C13H21N3OS. The zero-order valence-corrected chi connectivity index (χ0v) is 12.2. The zero-order valence-electron chi connectivity index (χ0n) is 11.4. The van der Waals surface area contributed by atoms with Crippen molar-refractivity contribution in [2.45, 2.75) is 37.8 Å². The number of nitrogens with one attached hydrogen (secondary N) is 1. The normalized spacial score (nSPS) is 14.3. The summed E-state index contributed by atoms with van der Waals surface area (Å²) in [5, 5.41) is 3.10. The van der Waals surface area contributed by atoms with Crippen molar-refractivity contribution in [1.82, 2.24) is 5.32 Å². The van der Waals surface area contributed by atoms with Crippen LogP contribution >= 0.6 is 0 Å². The molecule has 0 saturated heterocycles. The molecule has 4 nitrogen and oxygen atoms in total. The van der Waals surface area contributed by atoms with Crippen LogP contribution < -0.4 is 11.1 Å². The lowest BCUT2D eigenvalue weighted by Crippen LogP contribution is -2.44. The molecule has 0 aliphatic carbocycles. The number of benzene rings is 1. The van der Waals surface area contributed by atoms with E-state index in [1.165, 1.54) is 0 Å². The van der Waals surface area contributed by atoms with Gasteiger partial charge in [0.2, 0.25) is 0 Å². The first kappa shape index (κ1) is 14.7. The Labute approximate surface area is 111 Å². The van der Waals surface area contributed by atoms with E-state index in [0.717, 1.165) is 10.5 Å². The minimum Gasteiger partial charge on any atom is -0.370 e. The quantitative estimate of drug-likeness (QED) is 0.646. The van der Waals surface area contributed by atoms with Gasteiger partial charge in [0.25, 0.3) is 0 Å². The van der Waals surface area contributed by atoms with Gasteiger partial charge >= 0.3 is 0 Å². The van der Waals surface area contributed by atoms with Crippen LogP contribution in [-0.2, 0) is 17.3 Å². The van der Waals surface area contributed by atoms with Gasteiger partial charge in [-0.15, -0.1) is 0 Å². The Kier molecular flexibility index (Phi) is 4.90. The number of hydrogen-bond acceptors (Lipinski definition) is 2. The summed E-state index contributed by atoms with van der Waals surface area (Å²) in [6.07, 6.45) is 1.67. The molecule has 0 saturated carbocycles. The molecule has 0 aliphatic rings. The average Bonchev–Trinajstić information content (AvgIpc) is 2.24. The van der Waals surface area contributed by atoms with Crippen molar-refractivity contribution in [3.63, 3.8) is 0 Å². The van der Waals surface area contributed by atoms with Crippen LogP contribution in [0.1, 0.15) is 26.3 Å². The predicted molar refractivity (Wildman–Crippen MR) is 77.0 cm³/mol. The van der Waals surface area contributed by atoms with Crippen LogP contribution in [0.5, 0.6) is 0 Å². The smallest absolute Gasteiger partial charge is 0.189 e. The van der Waals surface area contributed by atoms with E-state index in [2.05, 4.69) is 10.3 Å². The maximum Gasteiger partial charge on any atom is 0.189 e. The summed E-state index contributed by atoms with van der Waals surface area (Å²) in [6.45, 7) is 6.60. The van der Waals surface area contributed by atoms with Crippen LogP contribution in [0.4, 0.5) is 0 Å². The highest BCUT2D eigenvalue weighted by Gasteiger charge is 2.09. The van der Waals surface area contributed by atoms with E-state index in [1.54, 1.807) is 6.26 Å². The van der Waals surface area contributed by atoms with Crippen LogP contribution in [0.3, 0.4) is 0 Å². The summed E-state index contributed by atoms with van der Waals surface area (Å²) in [5.74, 6) is 0.436. The first-order valence-corrected chi connectivity index (χ1v) is 7.34. The molecule has 1 atom stereocenters. The van der Waals surface area contributed by atoms with Crippen LogP contribution in [0, 0.1) is 0 Å². The molecule has 0 fully saturated rings. The number of nitrogens with zero attached hydrogens (tertiary/aromatic N) is 1. The molecule has 1 rings (SSSR count). The van der Waals surface area contributed by atoms with Crippen LogP contribution in [0.15, 0.2) is 34.2 Å². The van der Waals surface area contributed by atoms with Gasteiger partial charge < -0.3 is 11.1 Å². The van der Waals surface area contributed by atoms with Gasteiger partial charge in [0, 0.05) is 27.5 Å². The Morgan fingerprint density at radius 2 is 1.89 bits per heavy atom. The van der Waals surface area contributed by atoms with Gasteiger partial charge in [0.1, 0.15) is 0 Å². The molecule has 1 unspecified atom stereocenters. The van der Waals surface area contributed by atoms with E-state index >= 15 is 0 Å². The minimum absolute atomic E-state index is 0.0868. The lowest BCUT2D eigenvalue weighted by Gasteiger charge is -2.20. The number of rotatable bonds is 3. The number of hydrogen-bond donors (Lipinski definition) is 2. The maximum absolute atomic E-state index is 11.2. The second-order valence-electron chi connectivity index (χ2n) is 5.17. The van der Waals surface area contributed by atoms with Gasteiger partial charge in [-0.1, -0.05) is 12.1 Å². The molecule has 0 aromatic heterocycles. The lowest BCUT2D eigenvalue weighted by atomic mass is 10.1. The Bertz CT molecular complexity index is 446.